The van der Waals surface area contributed by atoms with Gasteiger partial charge in [-0.05, 0) is 17.7 Å². The quantitative estimate of drug-likeness (QED) is 0.828. The van der Waals surface area contributed by atoms with Crippen LogP contribution in [-0.2, 0) is 0 Å². The van der Waals surface area contributed by atoms with Crippen LogP contribution in [-0.4, -0.2) is 44.2 Å². The van der Waals surface area contributed by atoms with E-state index in [-0.39, 0.29) is 11.9 Å². The van der Waals surface area contributed by atoms with E-state index in [9.17, 15) is 4.79 Å². The van der Waals surface area contributed by atoms with Crippen LogP contribution in [0.3, 0.4) is 0 Å². The van der Waals surface area contributed by atoms with Crippen LogP contribution in [0.5, 0.6) is 5.75 Å². The summed E-state index contributed by atoms with van der Waals surface area (Å²) in [7, 11) is 1.66. The maximum absolute atomic E-state index is 11.6. The van der Waals surface area contributed by atoms with Gasteiger partial charge in [0.25, 0.3) is 0 Å². The average Bonchev–Trinajstić information content (AvgIpc) is 2.41. The molecule has 5 nitrogen and oxygen atoms in total. The third-order valence-electron chi connectivity index (χ3n) is 3.19. The number of carbonyl (C=O) groups is 1. The first kappa shape index (κ1) is 12.7. The lowest BCUT2D eigenvalue weighted by Crippen LogP contribution is -2.51. The first-order chi connectivity index (χ1) is 8.74. The molecule has 2 rings (SSSR count). The molecular formula is C13H19N3O2. The number of amides is 2. The minimum Gasteiger partial charge on any atom is -0.497 e. The first-order valence-electron chi connectivity index (χ1n) is 6.11. The summed E-state index contributed by atoms with van der Waals surface area (Å²) in [5, 5.41) is 2.89. The van der Waals surface area contributed by atoms with Gasteiger partial charge in [-0.25, -0.2) is 4.79 Å². The SMILES string of the molecule is COc1cccc(C2CNC(=O)N(CCN)C2)c1. The van der Waals surface area contributed by atoms with Gasteiger partial charge in [-0.3, -0.25) is 0 Å². The Balaban J connectivity index is 2.10. The number of nitrogens with two attached hydrogens (primary N) is 1. The zero-order valence-corrected chi connectivity index (χ0v) is 10.6. The second kappa shape index (κ2) is 5.73. The van der Waals surface area contributed by atoms with Gasteiger partial charge in [-0.2, -0.15) is 0 Å². The van der Waals surface area contributed by atoms with Crippen molar-refractivity contribution in [2.45, 2.75) is 5.92 Å². The molecular weight excluding hydrogens is 230 g/mol. The Bertz CT molecular complexity index is 422. The smallest absolute Gasteiger partial charge is 0.317 e. The van der Waals surface area contributed by atoms with Crippen LogP contribution < -0.4 is 15.8 Å². The summed E-state index contributed by atoms with van der Waals surface area (Å²) < 4.78 is 5.22. The van der Waals surface area contributed by atoms with Crippen LogP contribution >= 0.6 is 0 Å². The molecule has 1 saturated heterocycles. The zero-order chi connectivity index (χ0) is 13.0. The third-order valence-corrected chi connectivity index (χ3v) is 3.19. The second-order valence-corrected chi connectivity index (χ2v) is 4.39. The Morgan fingerprint density at radius 2 is 2.39 bits per heavy atom. The van der Waals surface area contributed by atoms with Crippen molar-refractivity contribution in [3.05, 3.63) is 29.8 Å². The molecule has 1 aliphatic rings. The van der Waals surface area contributed by atoms with Crippen molar-refractivity contribution in [1.82, 2.24) is 10.2 Å². The van der Waals surface area contributed by atoms with E-state index in [2.05, 4.69) is 11.4 Å². The standard InChI is InChI=1S/C13H19N3O2/c1-18-12-4-2-3-10(7-12)11-8-15-13(17)16(9-11)6-5-14/h2-4,7,11H,5-6,8-9,14H2,1H3,(H,15,17). The Hall–Kier alpha value is -1.75. The van der Waals surface area contributed by atoms with Crippen molar-refractivity contribution < 1.29 is 9.53 Å². The minimum atomic E-state index is -0.0282. The molecule has 5 heteroatoms. The molecule has 1 fully saturated rings. The van der Waals surface area contributed by atoms with Crippen molar-refractivity contribution in [2.24, 2.45) is 5.73 Å². The van der Waals surface area contributed by atoms with Crippen molar-refractivity contribution in [3.63, 3.8) is 0 Å². The molecule has 0 radical (unpaired) electrons. The number of carbonyl (C=O) groups excluding carboxylic acids is 1. The van der Waals surface area contributed by atoms with Crippen molar-refractivity contribution in [1.29, 1.82) is 0 Å². The van der Waals surface area contributed by atoms with Crippen LogP contribution in [0.2, 0.25) is 0 Å². The summed E-state index contributed by atoms with van der Waals surface area (Å²) in [6.07, 6.45) is 0. The Kier molecular flexibility index (Phi) is 4.04. The normalized spacial score (nSPS) is 19.6. The van der Waals surface area contributed by atoms with Gasteiger partial charge in [-0.15, -0.1) is 0 Å². The largest absolute Gasteiger partial charge is 0.497 e. The second-order valence-electron chi connectivity index (χ2n) is 4.39. The summed E-state index contributed by atoms with van der Waals surface area (Å²) in [6.45, 7) is 2.44. The lowest BCUT2D eigenvalue weighted by atomic mass is 9.97. The Labute approximate surface area is 107 Å². The highest BCUT2D eigenvalue weighted by Gasteiger charge is 2.25. The summed E-state index contributed by atoms with van der Waals surface area (Å²) >= 11 is 0. The molecule has 0 bridgehead atoms. The van der Waals surface area contributed by atoms with Crippen molar-refractivity contribution >= 4 is 6.03 Å². The number of hydrogen-bond donors (Lipinski definition) is 2. The zero-order valence-electron chi connectivity index (χ0n) is 10.6. The van der Waals surface area contributed by atoms with Crippen LogP contribution in [0, 0.1) is 0 Å². The molecule has 0 aromatic heterocycles. The molecule has 3 N–H and O–H groups in total. The predicted octanol–water partition coefficient (Wildman–Crippen LogP) is 0.763. The fraction of sp³-hybridized carbons (Fsp3) is 0.462. The third kappa shape index (κ3) is 2.73. The summed E-state index contributed by atoms with van der Waals surface area (Å²) in [5.74, 6) is 1.12. The van der Waals surface area contributed by atoms with E-state index >= 15 is 0 Å². The molecule has 1 unspecified atom stereocenters. The number of ether oxygens (including phenoxy) is 1. The van der Waals surface area contributed by atoms with Crippen LogP contribution in [0.25, 0.3) is 0 Å². The molecule has 1 atom stereocenters. The molecule has 0 saturated carbocycles. The highest BCUT2D eigenvalue weighted by atomic mass is 16.5. The van der Waals surface area contributed by atoms with Gasteiger partial charge in [0.05, 0.1) is 7.11 Å². The van der Waals surface area contributed by atoms with E-state index in [0.717, 1.165) is 5.75 Å². The number of benzene rings is 1. The number of rotatable bonds is 4. The van der Waals surface area contributed by atoms with Gasteiger partial charge in [0.15, 0.2) is 0 Å². The van der Waals surface area contributed by atoms with E-state index in [1.165, 1.54) is 5.56 Å². The van der Waals surface area contributed by atoms with Gasteiger partial charge < -0.3 is 20.7 Å². The molecule has 1 aromatic carbocycles. The van der Waals surface area contributed by atoms with Crippen molar-refractivity contribution in [3.8, 4) is 5.75 Å². The minimum absolute atomic E-state index is 0.0282. The molecule has 18 heavy (non-hydrogen) atoms. The number of methoxy groups -OCH3 is 1. The first-order valence-corrected chi connectivity index (χ1v) is 6.11. The number of hydrogen-bond acceptors (Lipinski definition) is 3. The average molecular weight is 249 g/mol. The lowest BCUT2D eigenvalue weighted by Gasteiger charge is -2.33. The number of nitrogens with zero attached hydrogens (tertiary/aromatic N) is 1. The maximum atomic E-state index is 11.6. The highest BCUT2D eigenvalue weighted by molar-refractivity contribution is 5.75. The van der Waals surface area contributed by atoms with Gasteiger partial charge in [-0.1, -0.05) is 12.1 Å². The predicted molar refractivity (Wildman–Crippen MR) is 69.8 cm³/mol. The molecule has 2 amide bonds. The molecule has 1 aliphatic heterocycles. The number of urea groups is 1. The molecule has 1 aromatic rings. The molecule has 0 aliphatic carbocycles. The van der Waals surface area contributed by atoms with Crippen LogP contribution in [0.4, 0.5) is 4.79 Å². The van der Waals surface area contributed by atoms with Gasteiger partial charge in [0.1, 0.15) is 5.75 Å². The van der Waals surface area contributed by atoms with Crippen molar-refractivity contribution in [2.75, 3.05) is 33.3 Å². The van der Waals surface area contributed by atoms with Gasteiger partial charge >= 0.3 is 6.03 Å². The monoisotopic (exact) mass is 249 g/mol. The highest BCUT2D eigenvalue weighted by Crippen LogP contribution is 2.23. The van der Waals surface area contributed by atoms with E-state index in [0.29, 0.717) is 26.2 Å². The Morgan fingerprint density at radius 3 is 3.11 bits per heavy atom. The molecule has 0 spiro atoms. The van der Waals surface area contributed by atoms with E-state index in [4.69, 9.17) is 10.5 Å². The van der Waals surface area contributed by atoms with Crippen LogP contribution in [0.15, 0.2) is 24.3 Å². The molecule has 98 valence electrons. The Morgan fingerprint density at radius 1 is 1.56 bits per heavy atom. The summed E-state index contributed by atoms with van der Waals surface area (Å²) in [4.78, 5) is 13.4. The fourth-order valence-electron chi connectivity index (χ4n) is 2.20. The van der Waals surface area contributed by atoms with E-state index in [1.807, 2.05) is 18.2 Å². The lowest BCUT2D eigenvalue weighted by molar-refractivity contribution is 0.181. The fourth-order valence-corrected chi connectivity index (χ4v) is 2.20. The summed E-state index contributed by atoms with van der Waals surface area (Å²) in [6, 6.07) is 7.94. The molecule has 1 heterocycles. The number of nitrogens with one attached hydrogen (secondary N) is 1. The van der Waals surface area contributed by atoms with Gasteiger partial charge in [0, 0.05) is 32.1 Å². The van der Waals surface area contributed by atoms with Gasteiger partial charge in [0.2, 0.25) is 0 Å². The summed E-state index contributed by atoms with van der Waals surface area (Å²) in [5.41, 5.74) is 6.69. The van der Waals surface area contributed by atoms with Crippen LogP contribution in [0.1, 0.15) is 11.5 Å². The van der Waals surface area contributed by atoms with E-state index in [1.54, 1.807) is 12.0 Å². The topological polar surface area (TPSA) is 67.6 Å². The maximum Gasteiger partial charge on any atom is 0.317 e. The van der Waals surface area contributed by atoms with E-state index < -0.39 is 0 Å².